The monoisotopic (exact) mass is 508 g/mol. The largest absolute Gasteiger partial charge is 0.748 e. The Morgan fingerprint density at radius 1 is 1.09 bits per heavy atom. The molecule has 8 atom stereocenters. The van der Waals surface area contributed by atoms with Gasteiger partial charge in [-0.15, -0.1) is 0 Å². The first-order chi connectivity index (χ1) is 16.1. The first-order valence-corrected chi connectivity index (χ1v) is 15.5. The summed E-state index contributed by atoms with van der Waals surface area (Å²) >= 11 is 0. The van der Waals surface area contributed by atoms with Crippen LogP contribution in [-0.2, 0) is 19.7 Å². The van der Waals surface area contributed by atoms with Gasteiger partial charge in [-0.05, 0) is 112 Å². The second-order valence-electron chi connectivity index (χ2n) is 13.8. The molecule has 0 aromatic heterocycles. The van der Waals surface area contributed by atoms with Gasteiger partial charge in [-0.3, -0.25) is 9.59 Å². The second kappa shape index (κ2) is 9.41. The lowest BCUT2D eigenvalue weighted by molar-refractivity contribution is -0.140. The zero-order valence-electron chi connectivity index (χ0n) is 22.4. The molecule has 4 saturated carbocycles. The Bertz CT molecular complexity index is 945. The molecule has 4 fully saturated rings. The maximum atomic E-state index is 12.6. The standard InChI is InChI=1S/C28H47NO5S/c1-18(6-11-25(31)29-26(2,3)17-35(32,33)34)22-9-10-23-21-8-7-19-16-20(30)12-14-27(19,4)24(21)13-15-28(22,23)5/h18-19,21-24H,6-17H2,1-5H3,(H,29,31)(H,32,33,34)/p-1/t18-,19-,21+,22-,23+,24+,27+,28-/m1/s1. The van der Waals surface area contributed by atoms with Crippen LogP contribution >= 0.6 is 0 Å². The van der Waals surface area contributed by atoms with E-state index in [0.29, 0.717) is 40.8 Å². The molecule has 0 aromatic rings. The van der Waals surface area contributed by atoms with E-state index in [1.54, 1.807) is 13.8 Å². The molecule has 200 valence electrons. The zero-order valence-corrected chi connectivity index (χ0v) is 23.2. The number of Topliss-reactive ketones (excluding diaryl/α,β-unsaturated/α-hetero) is 1. The van der Waals surface area contributed by atoms with Crippen molar-refractivity contribution in [3.8, 4) is 0 Å². The molecule has 0 unspecified atom stereocenters. The highest BCUT2D eigenvalue weighted by molar-refractivity contribution is 7.85. The van der Waals surface area contributed by atoms with E-state index in [9.17, 15) is 22.6 Å². The van der Waals surface area contributed by atoms with Crippen LogP contribution in [0, 0.1) is 46.3 Å². The lowest BCUT2D eigenvalue weighted by atomic mass is 9.44. The fourth-order valence-electron chi connectivity index (χ4n) is 9.50. The fourth-order valence-corrected chi connectivity index (χ4v) is 10.5. The Kier molecular flexibility index (Phi) is 7.29. The third-order valence-electron chi connectivity index (χ3n) is 11.1. The van der Waals surface area contributed by atoms with E-state index in [1.165, 1.54) is 38.5 Å². The van der Waals surface area contributed by atoms with Crippen molar-refractivity contribution in [2.24, 2.45) is 46.3 Å². The van der Waals surface area contributed by atoms with Crippen LogP contribution < -0.4 is 5.32 Å². The summed E-state index contributed by atoms with van der Waals surface area (Å²) in [7, 11) is -4.40. The normalized spacial score (nSPS) is 40.4. The number of nitrogens with one attached hydrogen (secondary N) is 1. The SMILES string of the molecule is C[C@H](CCC(=O)NC(C)(C)CS(=O)(=O)[O-])[C@H]1CC[C@H]2[C@@H]3CC[C@@H]4CC(=O)CC[C@]4(C)[C@H]3CC[C@]12C. The number of rotatable bonds is 7. The topological polar surface area (TPSA) is 103 Å². The minimum Gasteiger partial charge on any atom is -0.748 e. The van der Waals surface area contributed by atoms with Crippen LogP contribution in [0.15, 0.2) is 0 Å². The van der Waals surface area contributed by atoms with E-state index in [2.05, 4.69) is 26.1 Å². The van der Waals surface area contributed by atoms with Gasteiger partial charge in [0.2, 0.25) is 5.91 Å². The Morgan fingerprint density at radius 3 is 2.46 bits per heavy atom. The quantitative estimate of drug-likeness (QED) is 0.484. The van der Waals surface area contributed by atoms with Crippen LogP contribution in [0.3, 0.4) is 0 Å². The molecule has 35 heavy (non-hydrogen) atoms. The zero-order chi connectivity index (χ0) is 25.8. The summed E-state index contributed by atoms with van der Waals surface area (Å²) in [5, 5.41) is 2.75. The lowest BCUT2D eigenvalue weighted by Crippen LogP contribution is -2.53. The molecule has 1 N–H and O–H groups in total. The van der Waals surface area contributed by atoms with Crippen molar-refractivity contribution in [3.63, 3.8) is 0 Å². The van der Waals surface area contributed by atoms with E-state index >= 15 is 0 Å². The molecule has 7 heteroatoms. The van der Waals surface area contributed by atoms with E-state index in [4.69, 9.17) is 0 Å². The van der Waals surface area contributed by atoms with E-state index in [1.807, 2.05) is 0 Å². The molecular formula is C28H46NO5S-. The number of amides is 1. The van der Waals surface area contributed by atoms with Gasteiger partial charge < -0.3 is 9.87 Å². The van der Waals surface area contributed by atoms with Gasteiger partial charge in [-0.2, -0.15) is 0 Å². The molecule has 4 rings (SSSR count). The molecule has 0 radical (unpaired) electrons. The smallest absolute Gasteiger partial charge is 0.220 e. The molecule has 0 aliphatic heterocycles. The Labute approximate surface area is 212 Å². The molecule has 0 heterocycles. The van der Waals surface area contributed by atoms with Crippen LogP contribution in [0.25, 0.3) is 0 Å². The van der Waals surface area contributed by atoms with Gasteiger partial charge in [0.1, 0.15) is 5.78 Å². The minimum atomic E-state index is -4.40. The molecule has 4 aliphatic carbocycles. The predicted octanol–water partition coefficient (Wildman–Crippen LogP) is 5.07. The van der Waals surface area contributed by atoms with E-state index in [0.717, 1.165) is 43.4 Å². The Morgan fingerprint density at radius 2 is 1.77 bits per heavy atom. The highest BCUT2D eigenvalue weighted by atomic mass is 32.2. The molecule has 0 bridgehead atoms. The van der Waals surface area contributed by atoms with Crippen LogP contribution in [0.2, 0.25) is 0 Å². The molecule has 0 aromatic carbocycles. The van der Waals surface area contributed by atoms with Crippen molar-refractivity contribution in [1.29, 1.82) is 0 Å². The van der Waals surface area contributed by atoms with Crippen molar-refractivity contribution < 1.29 is 22.6 Å². The van der Waals surface area contributed by atoms with Gasteiger partial charge >= 0.3 is 0 Å². The predicted molar refractivity (Wildman–Crippen MR) is 135 cm³/mol. The van der Waals surface area contributed by atoms with Crippen molar-refractivity contribution in [3.05, 3.63) is 0 Å². The van der Waals surface area contributed by atoms with Crippen molar-refractivity contribution in [2.45, 2.75) is 111 Å². The number of carbonyl (C=O) groups is 2. The summed E-state index contributed by atoms with van der Waals surface area (Å²) in [4.78, 5) is 24.7. The van der Waals surface area contributed by atoms with Crippen LogP contribution in [0.4, 0.5) is 0 Å². The molecular weight excluding hydrogens is 462 g/mol. The third-order valence-corrected chi connectivity index (χ3v) is 12.2. The maximum Gasteiger partial charge on any atom is 0.220 e. The Balaban J connectivity index is 1.37. The number of hydrogen-bond acceptors (Lipinski definition) is 5. The van der Waals surface area contributed by atoms with E-state index < -0.39 is 21.4 Å². The number of fused-ring (bicyclic) bond motifs is 5. The first kappa shape index (κ1) is 27.1. The summed E-state index contributed by atoms with van der Waals surface area (Å²) < 4.78 is 33.4. The second-order valence-corrected chi connectivity index (χ2v) is 15.2. The third kappa shape index (κ3) is 5.37. The van der Waals surface area contributed by atoms with Crippen molar-refractivity contribution in [1.82, 2.24) is 5.32 Å². The fraction of sp³-hybridized carbons (Fsp3) is 0.929. The van der Waals surface area contributed by atoms with Crippen LogP contribution in [0.1, 0.15) is 105 Å². The van der Waals surface area contributed by atoms with Gasteiger partial charge in [-0.25, -0.2) is 8.42 Å². The van der Waals surface area contributed by atoms with E-state index in [-0.39, 0.29) is 5.91 Å². The summed E-state index contributed by atoms with van der Waals surface area (Å²) in [6.45, 7) is 10.5. The van der Waals surface area contributed by atoms with Gasteiger partial charge in [0, 0.05) is 24.8 Å². The van der Waals surface area contributed by atoms with Crippen molar-refractivity contribution in [2.75, 3.05) is 5.75 Å². The van der Waals surface area contributed by atoms with Crippen LogP contribution in [-0.4, -0.2) is 36.0 Å². The number of ketones is 1. The van der Waals surface area contributed by atoms with Gasteiger partial charge in [0.25, 0.3) is 0 Å². The highest BCUT2D eigenvalue weighted by Crippen LogP contribution is 2.68. The first-order valence-electron chi connectivity index (χ1n) is 13.9. The average molecular weight is 509 g/mol. The molecule has 1 amide bonds. The van der Waals surface area contributed by atoms with Crippen molar-refractivity contribution >= 4 is 21.8 Å². The Hall–Kier alpha value is -0.950. The lowest BCUT2D eigenvalue weighted by Gasteiger charge is -2.60. The summed E-state index contributed by atoms with van der Waals surface area (Å²) in [6.07, 6.45) is 11.3. The minimum absolute atomic E-state index is 0.174. The average Bonchev–Trinajstić information content (AvgIpc) is 3.07. The summed E-state index contributed by atoms with van der Waals surface area (Å²) in [6, 6.07) is 0. The summed E-state index contributed by atoms with van der Waals surface area (Å²) in [5.41, 5.74) is -0.395. The van der Waals surface area contributed by atoms with Gasteiger partial charge in [0.15, 0.2) is 0 Å². The number of carbonyl (C=O) groups excluding carboxylic acids is 2. The highest BCUT2D eigenvalue weighted by Gasteiger charge is 2.60. The molecule has 6 nitrogen and oxygen atoms in total. The van der Waals surface area contributed by atoms with Gasteiger partial charge in [0.05, 0.1) is 15.9 Å². The number of hydrogen-bond donors (Lipinski definition) is 1. The van der Waals surface area contributed by atoms with Crippen LogP contribution in [0.5, 0.6) is 0 Å². The molecule has 0 saturated heterocycles. The molecule has 4 aliphatic rings. The van der Waals surface area contributed by atoms with Gasteiger partial charge in [-0.1, -0.05) is 20.8 Å². The molecule has 0 spiro atoms. The maximum absolute atomic E-state index is 12.6. The summed E-state index contributed by atoms with van der Waals surface area (Å²) in [5.74, 6) is 3.61.